The molecule has 1 aromatic carbocycles. The molecule has 2 rings (SSSR count). The van der Waals surface area contributed by atoms with Gasteiger partial charge in [-0.25, -0.2) is 0 Å². The van der Waals surface area contributed by atoms with E-state index in [4.69, 9.17) is 9.26 Å². The third-order valence-electron chi connectivity index (χ3n) is 4.29. The third-order valence-corrected chi connectivity index (χ3v) is 4.29. The van der Waals surface area contributed by atoms with E-state index in [9.17, 15) is 0 Å². The maximum absolute atomic E-state index is 5.55. The zero-order valence-electron chi connectivity index (χ0n) is 16.3. The van der Waals surface area contributed by atoms with Crippen LogP contribution in [0.5, 0.6) is 0 Å². The Morgan fingerprint density at radius 3 is 2.46 bits per heavy atom. The van der Waals surface area contributed by atoms with Gasteiger partial charge in [0, 0.05) is 38.7 Å². The molecule has 0 radical (unpaired) electrons. The number of guanidine groups is 1. The van der Waals surface area contributed by atoms with Crippen LogP contribution in [0.1, 0.15) is 48.9 Å². The second-order valence-electron chi connectivity index (χ2n) is 5.92. The molecule has 0 saturated heterocycles. The molecule has 2 N–H and O–H groups in total. The standard InChI is InChI=1S/C20H30N4O2/c1-5-18-17(19(6-2)26-24-18)13-23-20(21-4)22-12-15-10-8-9-11-16(15)14-25-7-3/h8-11H,5-7,12-14H2,1-4H3,(H2,21,22,23). The van der Waals surface area contributed by atoms with Crippen LogP contribution < -0.4 is 10.6 Å². The average molecular weight is 358 g/mol. The number of nitrogens with zero attached hydrogens (tertiary/aromatic N) is 2. The normalized spacial score (nSPS) is 11.6. The van der Waals surface area contributed by atoms with Crippen molar-refractivity contribution in [1.82, 2.24) is 15.8 Å². The Hall–Kier alpha value is -2.34. The first-order valence-electron chi connectivity index (χ1n) is 9.28. The Morgan fingerprint density at radius 1 is 1.08 bits per heavy atom. The van der Waals surface area contributed by atoms with Crippen molar-refractivity contribution >= 4 is 5.96 Å². The predicted octanol–water partition coefficient (Wildman–Crippen LogP) is 3.20. The summed E-state index contributed by atoms with van der Waals surface area (Å²) in [6, 6.07) is 8.29. The van der Waals surface area contributed by atoms with Crippen molar-refractivity contribution < 1.29 is 9.26 Å². The third kappa shape index (κ3) is 5.33. The van der Waals surface area contributed by atoms with Gasteiger partial charge in [0.25, 0.3) is 0 Å². The Bertz CT molecular complexity index is 688. The van der Waals surface area contributed by atoms with Crippen LogP contribution in [0.2, 0.25) is 0 Å². The molecule has 0 spiro atoms. The monoisotopic (exact) mass is 358 g/mol. The molecule has 6 nitrogen and oxygen atoms in total. The van der Waals surface area contributed by atoms with Crippen LogP contribution in [0.25, 0.3) is 0 Å². The van der Waals surface area contributed by atoms with Gasteiger partial charge in [0.15, 0.2) is 5.96 Å². The molecule has 2 aromatic rings. The maximum Gasteiger partial charge on any atom is 0.191 e. The van der Waals surface area contributed by atoms with Crippen molar-refractivity contribution in [2.75, 3.05) is 13.7 Å². The smallest absolute Gasteiger partial charge is 0.191 e. The molecule has 6 heteroatoms. The van der Waals surface area contributed by atoms with Gasteiger partial charge >= 0.3 is 0 Å². The summed E-state index contributed by atoms with van der Waals surface area (Å²) in [5.41, 5.74) is 4.54. The minimum Gasteiger partial charge on any atom is -0.377 e. The highest BCUT2D eigenvalue weighted by atomic mass is 16.5. The second kappa shape index (κ2) is 10.6. The van der Waals surface area contributed by atoms with E-state index in [1.807, 2.05) is 19.1 Å². The van der Waals surface area contributed by atoms with Gasteiger partial charge in [0.1, 0.15) is 5.76 Å². The zero-order valence-corrected chi connectivity index (χ0v) is 16.3. The number of aliphatic imine (C=N–C) groups is 1. The van der Waals surface area contributed by atoms with Crippen molar-refractivity contribution in [2.24, 2.45) is 4.99 Å². The van der Waals surface area contributed by atoms with Crippen molar-refractivity contribution in [3.63, 3.8) is 0 Å². The first-order chi connectivity index (χ1) is 12.7. The van der Waals surface area contributed by atoms with E-state index in [0.29, 0.717) is 26.3 Å². The molecular formula is C20H30N4O2. The van der Waals surface area contributed by atoms with Gasteiger partial charge in [0.2, 0.25) is 0 Å². The average Bonchev–Trinajstić information content (AvgIpc) is 3.09. The van der Waals surface area contributed by atoms with Crippen LogP contribution >= 0.6 is 0 Å². The van der Waals surface area contributed by atoms with E-state index >= 15 is 0 Å². The molecule has 0 aliphatic rings. The summed E-state index contributed by atoms with van der Waals surface area (Å²) in [4.78, 5) is 4.32. The summed E-state index contributed by atoms with van der Waals surface area (Å²) in [6.45, 7) is 8.84. The zero-order chi connectivity index (χ0) is 18.8. The van der Waals surface area contributed by atoms with Crippen LogP contribution in [0.15, 0.2) is 33.8 Å². The highest BCUT2D eigenvalue weighted by Crippen LogP contribution is 2.15. The first kappa shape index (κ1) is 20.0. The van der Waals surface area contributed by atoms with Crippen LogP contribution in [-0.4, -0.2) is 24.8 Å². The number of hydrogen-bond acceptors (Lipinski definition) is 4. The topological polar surface area (TPSA) is 71.7 Å². The second-order valence-corrected chi connectivity index (χ2v) is 5.92. The molecule has 1 aromatic heterocycles. The van der Waals surface area contributed by atoms with E-state index in [0.717, 1.165) is 35.8 Å². The quantitative estimate of drug-likeness (QED) is 0.532. The van der Waals surface area contributed by atoms with Gasteiger partial charge in [-0.05, 0) is 24.5 Å². The van der Waals surface area contributed by atoms with Gasteiger partial charge < -0.3 is 19.9 Å². The highest BCUT2D eigenvalue weighted by Gasteiger charge is 2.13. The van der Waals surface area contributed by atoms with E-state index in [-0.39, 0.29) is 0 Å². The summed E-state index contributed by atoms with van der Waals surface area (Å²) < 4.78 is 11.0. The van der Waals surface area contributed by atoms with Gasteiger partial charge in [0.05, 0.1) is 12.3 Å². The van der Waals surface area contributed by atoms with Gasteiger partial charge in [-0.1, -0.05) is 43.3 Å². The van der Waals surface area contributed by atoms with Crippen molar-refractivity contribution in [1.29, 1.82) is 0 Å². The lowest BCUT2D eigenvalue weighted by Crippen LogP contribution is -2.36. The van der Waals surface area contributed by atoms with Gasteiger partial charge in [-0.3, -0.25) is 4.99 Å². The molecule has 0 atom stereocenters. The molecule has 1 heterocycles. The van der Waals surface area contributed by atoms with Crippen LogP contribution in [0, 0.1) is 0 Å². The molecule has 0 saturated carbocycles. The minimum absolute atomic E-state index is 0.626. The van der Waals surface area contributed by atoms with Crippen LogP contribution in [0.3, 0.4) is 0 Å². The predicted molar refractivity (Wildman–Crippen MR) is 104 cm³/mol. The summed E-state index contributed by atoms with van der Waals surface area (Å²) in [7, 11) is 1.77. The lowest BCUT2D eigenvalue weighted by molar-refractivity contribution is 0.133. The number of ether oxygens (including phenoxy) is 1. The Kier molecular flexibility index (Phi) is 8.15. The molecular weight excluding hydrogens is 328 g/mol. The molecule has 0 fully saturated rings. The SMILES string of the molecule is CCOCc1ccccc1CNC(=NC)NCc1c(CC)noc1CC. The summed E-state index contributed by atoms with van der Waals surface area (Å²) >= 11 is 0. The molecule has 142 valence electrons. The molecule has 0 aliphatic heterocycles. The lowest BCUT2D eigenvalue weighted by atomic mass is 10.1. The van der Waals surface area contributed by atoms with Gasteiger partial charge in [-0.2, -0.15) is 0 Å². The van der Waals surface area contributed by atoms with Gasteiger partial charge in [-0.15, -0.1) is 0 Å². The largest absolute Gasteiger partial charge is 0.377 e. The molecule has 0 unspecified atom stereocenters. The van der Waals surface area contributed by atoms with Crippen molar-refractivity contribution in [3.8, 4) is 0 Å². The van der Waals surface area contributed by atoms with Crippen LogP contribution in [-0.2, 0) is 37.3 Å². The van der Waals surface area contributed by atoms with E-state index < -0.39 is 0 Å². The molecule has 0 bridgehead atoms. The number of aryl methyl sites for hydroxylation is 2. The lowest BCUT2D eigenvalue weighted by Gasteiger charge is -2.14. The minimum atomic E-state index is 0.626. The fraction of sp³-hybridized carbons (Fsp3) is 0.500. The highest BCUT2D eigenvalue weighted by molar-refractivity contribution is 5.79. The summed E-state index contributed by atoms with van der Waals surface area (Å²) in [5, 5.41) is 10.9. The number of benzene rings is 1. The Morgan fingerprint density at radius 2 is 1.81 bits per heavy atom. The number of rotatable bonds is 9. The van der Waals surface area contributed by atoms with E-state index in [1.165, 1.54) is 11.1 Å². The summed E-state index contributed by atoms with van der Waals surface area (Å²) in [5.74, 6) is 1.69. The molecule has 0 aliphatic carbocycles. The molecule has 26 heavy (non-hydrogen) atoms. The number of hydrogen-bond donors (Lipinski definition) is 2. The van der Waals surface area contributed by atoms with Crippen LogP contribution in [0.4, 0.5) is 0 Å². The summed E-state index contributed by atoms with van der Waals surface area (Å²) in [6.07, 6.45) is 1.69. The van der Waals surface area contributed by atoms with E-state index in [2.05, 4.69) is 46.8 Å². The number of nitrogens with one attached hydrogen (secondary N) is 2. The van der Waals surface area contributed by atoms with Crippen molar-refractivity contribution in [2.45, 2.75) is 53.3 Å². The first-order valence-corrected chi connectivity index (χ1v) is 9.28. The maximum atomic E-state index is 5.55. The fourth-order valence-corrected chi connectivity index (χ4v) is 2.79. The fourth-order valence-electron chi connectivity index (χ4n) is 2.79. The molecule has 0 amide bonds. The Labute approximate surface area is 156 Å². The number of aromatic nitrogens is 1. The Balaban J connectivity index is 1.96. The van der Waals surface area contributed by atoms with Crippen molar-refractivity contribution in [3.05, 3.63) is 52.4 Å². The van der Waals surface area contributed by atoms with E-state index in [1.54, 1.807) is 7.05 Å².